The van der Waals surface area contributed by atoms with E-state index < -0.39 is 0 Å². The largest absolute Gasteiger partial charge is 0.491 e. The van der Waals surface area contributed by atoms with Crippen LogP contribution in [-0.2, 0) is 0 Å². The van der Waals surface area contributed by atoms with Crippen molar-refractivity contribution in [2.45, 2.75) is 20.0 Å². The quantitative estimate of drug-likeness (QED) is 0.797. The van der Waals surface area contributed by atoms with Crippen LogP contribution >= 0.6 is 11.3 Å². The molecule has 0 radical (unpaired) electrons. The molecule has 6 heteroatoms. The molecule has 3 aromatic rings. The van der Waals surface area contributed by atoms with Crippen LogP contribution in [0.2, 0.25) is 0 Å². The Kier molecular flexibility index (Phi) is 2.87. The lowest BCUT2D eigenvalue weighted by Crippen LogP contribution is -2.05. The fourth-order valence-electron chi connectivity index (χ4n) is 1.78. The number of nitrogens with two attached hydrogens (primary N) is 1. The number of nitrogen functional groups attached to an aromatic ring is 1. The number of rotatable bonds is 3. The molecule has 2 aromatic heterocycles. The number of hydrogen-bond acceptors (Lipinski definition) is 5. The van der Waals surface area contributed by atoms with Crippen molar-refractivity contribution in [1.82, 2.24) is 14.6 Å². The number of nitrogens with zero attached hydrogens (tertiary/aromatic N) is 3. The maximum absolute atomic E-state index is 5.80. The molecule has 0 spiro atoms. The number of fused-ring (bicyclic) bond motifs is 1. The predicted octanol–water partition coefficient (Wildman–Crippen LogP) is 2.83. The van der Waals surface area contributed by atoms with Gasteiger partial charge in [-0.15, -0.1) is 16.4 Å². The Morgan fingerprint density at radius 1 is 1.26 bits per heavy atom. The minimum Gasteiger partial charge on any atom is -0.491 e. The number of ether oxygens (including phenoxy) is 1. The van der Waals surface area contributed by atoms with Crippen molar-refractivity contribution < 1.29 is 4.74 Å². The highest BCUT2D eigenvalue weighted by Crippen LogP contribution is 2.23. The summed E-state index contributed by atoms with van der Waals surface area (Å²) in [4.78, 5) is 5.24. The molecule has 0 aliphatic carbocycles. The molecular formula is C13H14N4OS. The molecule has 0 bridgehead atoms. The summed E-state index contributed by atoms with van der Waals surface area (Å²) >= 11 is 1.48. The zero-order valence-electron chi connectivity index (χ0n) is 10.7. The summed E-state index contributed by atoms with van der Waals surface area (Å²) in [5.74, 6) is 2.13. The molecule has 2 heterocycles. The SMILES string of the molecule is CC(C)Oc1ccc(-c2nc3scc(N)n3n2)cc1. The average molecular weight is 274 g/mol. The first-order valence-corrected chi connectivity index (χ1v) is 6.88. The highest BCUT2D eigenvalue weighted by Gasteiger charge is 2.09. The summed E-state index contributed by atoms with van der Waals surface area (Å²) in [5.41, 5.74) is 6.75. The van der Waals surface area contributed by atoms with Crippen molar-refractivity contribution in [1.29, 1.82) is 0 Å². The number of aromatic nitrogens is 3. The van der Waals surface area contributed by atoms with E-state index in [-0.39, 0.29) is 6.10 Å². The van der Waals surface area contributed by atoms with Crippen molar-refractivity contribution in [3.8, 4) is 17.1 Å². The van der Waals surface area contributed by atoms with Crippen LogP contribution in [0.3, 0.4) is 0 Å². The Labute approximate surface area is 114 Å². The monoisotopic (exact) mass is 274 g/mol. The molecule has 1 aromatic carbocycles. The molecule has 19 heavy (non-hydrogen) atoms. The van der Waals surface area contributed by atoms with Crippen LogP contribution in [0.5, 0.6) is 5.75 Å². The fourth-order valence-corrected chi connectivity index (χ4v) is 2.49. The van der Waals surface area contributed by atoms with E-state index >= 15 is 0 Å². The summed E-state index contributed by atoms with van der Waals surface area (Å²) in [5, 5.41) is 6.22. The topological polar surface area (TPSA) is 65.4 Å². The first-order valence-electron chi connectivity index (χ1n) is 6.00. The molecule has 0 unspecified atom stereocenters. The second kappa shape index (κ2) is 4.55. The first-order chi connectivity index (χ1) is 9.13. The van der Waals surface area contributed by atoms with Crippen LogP contribution in [0, 0.1) is 0 Å². The van der Waals surface area contributed by atoms with Gasteiger partial charge in [0.05, 0.1) is 6.10 Å². The molecule has 98 valence electrons. The summed E-state index contributed by atoms with van der Waals surface area (Å²) < 4.78 is 7.26. The normalized spacial score (nSPS) is 11.3. The van der Waals surface area contributed by atoms with Crippen molar-refractivity contribution in [2.75, 3.05) is 5.73 Å². The Balaban J connectivity index is 1.92. The summed E-state index contributed by atoms with van der Waals surface area (Å²) in [7, 11) is 0. The molecule has 0 saturated heterocycles. The summed E-state index contributed by atoms with van der Waals surface area (Å²) in [6.45, 7) is 4.00. The Morgan fingerprint density at radius 3 is 2.63 bits per heavy atom. The van der Waals surface area contributed by atoms with Crippen LogP contribution < -0.4 is 10.5 Å². The third-order valence-corrected chi connectivity index (χ3v) is 3.43. The van der Waals surface area contributed by atoms with Gasteiger partial charge in [-0.3, -0.25) is 0 Å². The van der Waals surface area contributed by atoms with Gasteiger partial charge in [-0.05, 0) is 38.1 Å². The maximum atomic E-state index is 5.80. The molecule has 0 aliphatic heterocycles. The third kappa shape index (κ3) is 2.26. The second-order valence-corrected chi connectivity index (χ2v) is 5.32. The van der Waals surface area contributed by atoms with Crippen LogP contribution in [0.25, 0.3) is 16.3 Å². The summed E-state index contributed by atoms with van der Waals surface area (Å²) in [6, 6.07) is 7.75. The van der Waals surface area contributed by atoms with Gasteiger partial charge < -0.3 is 10.5 Å². The molecular weight excluding hydrogens is 260 g/mol. The molecule has 2 N–H and O–H groups in total. The van der Waals surface area contributed by atoms with E-state index in [1.54, 1.807) is 4.52 Å². The van der Waals surface area contributed by atoms with Gasteiger partial charge in [-0.25, -0.2) is 0 Å². The van der Waals surface area contributed by atoms with Gasteiger partial charge in [0.25, 0.3) is 0 Å². The number of hydrogen-bond donors (Lipinski definition) is 1. The molecule has 0 saturated carbocycles. The van der Waals surface area contributed by atoms with Gasteiger partial charge >= 0.3 is 0 Å². The van der Waals surface area contributed by atoms with Crippen molar-refractivity contribution in [2.24, 2.45) is 0 Å². The number of anilines is 1. The second-order valence-electron chi connectivity index (χ2n) is 4.48. The van der Waals surface area contributed by atoms with E-state index in [1.807, 2.05) is 43.5 Å². The highest BCUT2D eigenvalue weighted by atomic mass is 32.1. The zero-order chi connectivity index (χ0) is 13.4. The van der Waals surface area contributed by atoms with Crippen molar-refractivity contribution in [3.05, 3.63) is 29.6 Å². The lowest BCUT2D eigenvalue weighted by Gasteiger charge is -2.09. The molecule has 0 fully saturated rings. The van der Waals surface area contributed by atoms with Gasteiger partial charge in [0, 0.05) is 10.9 Å². The Hall–Kier alpha value is -2.08. The Morgan fingerprint density at radius 2 is 2.00 bits per heavy atom. The van der Waals surface area contributed by atoms with Crippen molar-refractivity contribution in [3.63, 3.8) is 0 Å². The van der Waals surface area contributed by atoms with E-state index in [0.29, 0.717) is 11.6 Å². The van der Waals surface area contributed by atoms with Crippen LogP contribution in [0.1, 0.15) is 13.8 Å². The smallest absolute Gasteiger partial charge is 0.214 e. The van der Waals surface area contributed by atoms with E-state index in [2.05, 4.69) is 10.1 Å². The summed E-state index contributed by atoms with van der Waals surface area (Å²) in [6.07, 6.45) is 0.168. The maximum Gasteiger partial charge on any atom is 0.214 e. The number of thiazole rings is 1. The van der Waals surface area contributed by atoms with Crippen molar-refractivity contribution >= 4 is 22.1 Å². The third-order valence-electron chi connectivity index (χ3n) is 2.59. The van der Waals surface area contributed by atoms with Gasteiger partial charge in [0.2, 0.25) is 4.96 Å². The fraction of sp³-hybridized carbons (Fsp3) is 0.231. The van der Waals surface area contributed by atoms with Gasteiger partial charge in [0.15, 0.2) is 5.82 Å². The minimum absolute atomic E-state index is 0.168. The molecule has 5 nitrogen and oxygen atoms in total. The molecule has 0 atom stereocenters. The molecule has 0 aliphatic rings. The standard InChI is InChI=1S/C13H14N4OS/c1-8(2)18-10-5-3-9(4-6-10)12-15-13-17(16-12)11(14)7-19-13/h3-8H,14H2,1-2H3. The van der Waals surface area contributed by atoms with E-state index in [1.165, 1.54) is 11.3 Å². The Bertz CT molecular complexity index is 699. The lowest BCUT2D eigenvalue weighted by atomic mass is 10.2. The first kappa shape index (κ1) is 12.0. The van der Waals surface area contributed by atoms with E-state index in [4.69, 9.17) is 10.5 Å². The number of benzene rings is 1. The minimum atomic E-state index is 0.168. The predicted molar refractivity (Wildman–Crippen MR) is 76.5 cm³/mol. The molecule has 0 amide bonds. The van der Waals surface area contributed by atoms with E-state index in [0.717, 1.165) is 16.3 Å². The van der Waals surface area contributed by atoms with Crippen LogP contribution in [0.15, 0.2) is 29.6 Å². The highest BCUT2D eigenvalue weighted by molar-refractivity contribution is 7.15. The lowest BCUT2D eigenvalue weighted by molar-refractivity contribution is 0.242. The van der Waals surface area contributed by atoms with Gasteiger partial charge in [-0.2, -0.15) is 9.50 Å². The zero-order valence-corrected chi connectivity index (χ0v) is 11.5. The van der Waals surface area contributed by atoms with Crippen LogP contribution in [-0.4, -0.2) is 20.7 Å². The molecule has 3 rings (SSSR count). The average Bonchev–Trinajstić information content (AvgIpc) is 2.92. The van der Waals surface area contributed by atoms with Gasteiger partial charge in [-0.1, -0.05) is 0 Å². The van der Waals surface area contributed by atoms with Gasteiger partial charge in [0.1, 0.15) is 11.6 Å². The van der Waals surface area contributed by atoms with E-state index in [9.17, 15) is 0 Å². The van der Waals surface area contributed by atoms with Crippen LogP contribution in [0.4, 0.5) is 5.82 Å².